The number of carboxylic acid groups (broad SMARTS) is 1. The summed E-state index contributed by atoms with van der Waals surface area (Å²) < 4.78 is 53.5. The molecule has 0 radical (unpaired) electrons. The molecule has 1 heterocycles. The van der Waals surface area contributed by atoms with Crippen LogP contribution in [0.5, 0.6) is 5.75 Å². The van der Waals surface area contributed by atoms with Gasteiger partial charge in [-0.05, 0) is 84.9 Å². The molecule has 3 aliphatic rings. The maximum Gasteiger partial charge on any atom is 0.416 e. The van der Waals surface area contributed by atoms with E-state index in [0.29, 0.717) is 30.6 Å². The van der Waals surface area contributed by atoms with Crippen molar-refractivity contribution in [3.05, 3.63) is 52.6 Å². The lowest BCUT2D eigenvalue weighted by Gasteiger charge is -2.26. The first kappa shape index (κ1) is 20.4. The summed E-state index contributed by atoms with van der Waals surface area (Å²) in [5.41, 5.74) is 1.45. The first-order valence-electron chi connectivity index (χ1n) is 10.7. The highest BCUT2D eigenvalue weighted by Crippen LogP contribution is 2.51. The Labute approximate surface area is 178 Å². The molecule has 4 nitrogen and oxygen atoms in total. The fraction of sp³-hybridized carbons (Fsp3) is 0.458. The molecule has 164 valence electrons. The van der Waals surface area contributed by atoms with Crippen molar-refractivity contribution < 1.29 is 32.5 Å². The molecule has 2 saturated carbocycles. The SMILES string of the molecule is O=C(O)C(OC1CC1)c1c(C(F)(F)F)ccc(C2CC2)c1-c1ccc2c(c1)CCCO2. The average molecular weight is 432 g/mol. The Morgan fingerprint density at radius 1 is 1.13 bits per heavy atom. The van der Waals surface area contributed by atoms with Crippen LogP contribution in [0, 0.1) is 0 Å². The Kier molecular flexibility index (Phi) is 4.96. The minimum absolute atomic E-state index is 0.138. The number of aliphatic carboxylic acids is 1. The van der Waals surface area contributed by atoms with Crippen LogP contribution in [0.2, 0.25) is 0 Å². The Hall–Kier alpha value is -2.54. The zero-order valence-corrected chi connectivity index (χ0v) is 16.9. The van der Waals surface area contributed by atoms with Crippen LogP contribution >= 0.6 is 0 Å². The average Bonchev–Trinajstić information content (AvgIpc) is 3.64. The van der Waals surface area contributed by atoms with Crippen LogP contribution in [0.3, 0.4) is 0 Å². The molecule has 2 aliphatic carbocycles. The van der Waals surface area contributed by atoms with Gasteiger partial charge in [-0.2, -0.15) is 13.2 Å². The maximum atomic E-state index is 14.1. The second kappa shape index (κ2) is 7.55. The standard InChI is InChI=1S/C24H23F3O4/c25-24(26,27)18-9-8-17(13-3-4-13)20(21(18)22(23(28)29)31-16-6-7-16)15-5-10-19-14(12-15)2-1-11-30-19/h5,8-10,12-13,16,22H,1-4,6-7,11H2,(H,28,29). The molecular weight excluding hydrogens is 409 g/mol. The minimum atomic E-state index is -4.69. The van der Waals surface area contributed by atoms with Crippen LogP contribution in [0.25, 0.3) is 11.1 Å². The number of carboxylic acids is 1. The summed E-state index contributed by atoms with van der Waals surface area (Å²) in [6.07, 6.45) is -1.95. The van der Waals surface area contributed by atoms with Crippen LogP contribution in [0.4, 0.5) is 13.2 Å². The first-order valence-corrected chi connectivity index (χ1v) is 10.7. The van der Waals surface area contributed by atoms with Crippen molar-refractivity contribution >= 4 is 5.97 Å². The van der Waals surface area contributed by atoms with E-state index in [1.807, 2.05) is 6.07 Å². The summed E-state index contributed by atoms with van der Waals surface area (Å²) in [6, 6.07) is 7.92. The number of aryl methyl sites for hydroxylation is 1. The molecule has 0 amide bonds. The number of fused-ring (bicyclic) bond motifs is 1. The van der Waals surface area contributed by atoms with Gasteiger partial charge in [0.25, 0.3) is 0 Å². The number of carbonyl (C=O) groups is 1. The Morgan fingerprint density at radius 2 is 1.90 bits per heavy atom. The summed E-state index contributed by atoms with van der Waals surface area (Å²) >= 11 is 0. The van der Waals surface area contributed by atoms with Crippen molar-refractivity contribution in [1.82, 2.24) is 0 Å². The van der Waals surface area contributed by atoms with Crippen LogP contribution in [-0.4, -0.2) is 23.8 Å². The number of halogens is 3. The van der Waals surface area contributed by atoms with Gasteiger partial charge in [0.1, 0.15) is 5.75 Å². The van der Waals surface area contributed by atoms with Gasteiger partial charge in [-0.1, -0.05) is 12.1 Å². The molecule has 0 saturated heterocycles. The number of alkyl halides is 3. The molecule has 2 fully saturated rings. The number of benzene rings is 2. The fourth-order valence-electron chi connectivity index (χ4n) is 4.37. The lowest BCUT2D eigenvalue weighted by atomic mass is 9.85. The summed E-state index contributed by atoms with van der Waals surface area (Å²) in [5, 5.41) is 9.89. The van der Waals surface area contributed by atoms with Crippen molar-refractivity contribution in [3.63, 3.8) is 0 Å². The Morgan fingerprint density at radius 3 is 2.55 bits per heavy atom. The van der Waals surface area contributed by atoms with Crippen molar-refractivity contribution in [2.75, 3.05) is 6.61 Å². The van der Waals surface area contributed by atoms with Crippen molar-refractivity contribution in [3.8, 4) is 16.9 Å². The van der Waals surface area contributed by atoms with E-state index in [4.69, 9.17) is 9.47 Å². The number of ether oxygens (including phenoxy) is 2. The second-order valence-electron chi connectivity index (χ2n) is 8.59. The quantitative estimate of drug-likeness (QED) is 0.619. The summed E-state index contributed by atoms with van der Waals surface area (Å²) in [5.74, 6) is -0.521. The van der Waals surface area contributed by atoms with Gasteiger partial charge in [0.05, 0.1) is 18.3 Å². The maximum absolute atomic E-state index is 14.1. The molecule has 1 N–H and O–H groups in total. The zero-order chi connectivity index (χ0) is 21.8. The molecule has 0 bridgehead atoms. The molecule has 7 heteroatoms. The smallest absolute Gasteiger partial charge is 0.416 e. The third kappa shape index (κ3) is 4.03. The molecule has 5 rings (SSSR count). The topological polar surface area (TPSA) is 55.8 Å². The highest BCUT2D eigenvalue weighted by atomic mass is 19.4. The predicted octanol–water partition coefficient (Wildman–Crippen LogP) is 5.88. The fourth-order valence-corrected chi connectivity index (χ4v) is 4.37. The van der Waals surface area contributed by atoms with Gasteiger partial charge in [-0.15, -0.1) is 0 Å². The number of rotatable bonds is 6. The monoisotopic (exact) mass is 432 g/mol. The predicted molar refractivity (Wildman–Crippen MR) is 107 cm³/mol. The van der Waals surface area contributed by atoms with E-state index in [9.17, 15) is 23.1 Å². The Balaban J connectivity index is 1.75. The summed E-state index contributed by atoms with van der Waals surface area (Å²) in [7, 11) is 0. The van der Waals surface area contributed by atoms with E-state index in [2.05, 4.69) is 0 Å². The van der Waals surface area contributed by atoms with Crippen LogP contribution in [-0.2, 0) is 22.1 Å². The Bertz CT molecular complexity index is 1020. The number of hydrogen-bond acceptors (Lipinski definition) is 3. The van der Waals surface area contributed by atoms with E-state index in [1.54, 1.807) is 12.1 Å². The van der Waals surface area contributed by atoms with E-state index in [-0.39, 0.29) is 17.6 Å². The van der Waals surface area contributed by atoms with Crippen LogP contribution < -0.4 is 4.74 Å². The van der Waals surface area contributed by atoms with Gasteiger partial charge in [-0.3, -0.25) is 0 Å². The van der Waals surface area contributed by atoms with Gasteiger partial charge in [0.2, 0.25) is 0 Å². The molecule has 1 atom stereocenters. The molecule has 2 aromatic rings. The van der Waals surface area contributed by atoms with E-state index >= 15 is 0 Å². The van der Waals surface area contributed by atoms with Crippen molar-refractivity contribution in [2.45, 2.75) is 62.8 Å². The highest BCUT2D eigenvalue weighted by Gasteiger charge is 2.43. The lowest BCUT2D eigenvalue weighted by molar-refractivity contribution is -0.154. The minimum Gasteiger partial charge on any atom is -0.493 e. The highest BCUT2D eigenvalue weighted by molar-refractivity contribution is 5.83. The zero-order valence-electron chi connectivity index (χ0n) is 16.9. The van der Waals surface area contributed by atoms with Gasteiger partial charge in [0, 0.05) is 5.56 Å². The molecule has 2 aromatic carbocycles. The van der Waals surface area contributed by atoms with Gasteiger partial charge >= 0.3 is 12.1 Å². The lowest BCUT2D eigenvalue weighted by Crippen LogP contribution is -2.23. The molecule has 31 heavy (non-hydrogen) atoms. The summed E-state index contributed by atoms with van der Waals surface area (Å²) in [4.78, 5) is 12.1. The molecule has 0 spiro atoms. The van der Waals surface area contributed by atoms with E-state index in [1.165, 1.54) is 6.07 Å². The van der Waals surface area contributed by atoms with Gasteiger partial charge in [-0.25, -0.2) is 4.79 Å². The molecule has 0 aromatic heterocycles. The van der Waals surface area contributed by atoms with E-state index in [0.717, 1.165) is 48.6 Å². The number of hydrogen-bond donors (Lipinski definition) is 1. The molecule has 1 aliphatic heterocycles. The van der Waals surface area contributed by atoms with Crippen molar-refractivity contribution in [2.24, 2.45) is 0 Å². The third-order valence-electron chi connectivity index (χ3n) is 6.14. The second-order valence-corrected chi connectivity index (χ2v) is 8.59. The van der Waals surface area contributed by atoms with E-state index < -0.39 is 23.8 Å². The molecule has 1 unspecified atom stereocenters. The normalized spacial score (nSPS) is 19.5. The van der Waals surface area contributed by atoms with Gasteiger partial charge in [0.15, 0.2) is 6.10 Å². The van der Waals surface area contributed by atoms with Crippen molar-refractivity contribution in [1.29, 1.82) is 0 Å². The third-order valence-corrected chi connectivity index (χ3v) is 6.14. The van der Waals surface area contributed by atoms with Crippen LogP contribution in [0.1, 0.15) is 66.4 Å². The van der Waals surface area contributed by atoms with Gasteiger partial charge < -0.3 is 14.6 Å². The molecular formula is C24H23F3O4. The van der Waals surface area contributed by atoms with Crippen LogP contribution in [0.15, 0.2) is 30.3 Å². The summed E-state index contributed by atoms with van der Waals surface area (Å²) in [6.45, 7) is 0.616. The first-order chi connectivity index (χ1) is 14.8. The largest absolute Gasteiger partial charge is 0.493 e.